The van der Waals surface area contributed by atoms with E-state index in [4.69, 9.17) is 0 Å². The molecule has 7 nitrogen and oxygen atoms in total. The number of amides is 4. The van der Waals surface area contributed by atoms with Crippen molar-refractivity contribution < 1.29 is 19.2 Å². The molecule has 2 fully saturated rings. The first-order chi connectivity index (χ1) is 14.3. The Morgan fingerprint density at radius 1 is 0.871 bits per heavy atom. The smallest absolute Gasteiger partial charge is 0.252 e. The van der Waals surface area contributed by atoms with Gasteiger partial charge in [0.25, 0.3) is 5.91 Å². The molecule has 166 valence electrons. The highest BCUT2D eigenvalue weighted by Crippen LogP contribution is 2.52. The third-order valence-corrected chi connectivity index (χ3v) is 6.56. The fourth-order valence-electron chi connectivity index (χ4n) is 5.02. The standard InChI is InChI=1S/C24H31N3O4/c1-13-19(28)26-17(20(29)25(13)21(30)23(2,3)4)12-15-14-10-8-9-11-16(14)27(18(15)26)22(31)24(5,6)7/h8-11,13,15,17-18H,12H2,1-7H3/t13-,15+,17+,18-/m1/s1. The number of fused-ring (bicyclic) bond motifs is 5. The van der Waals surface area contributed by atoms with Crippen LogP contribution in [0.5, 0.6) is 0 Å². The van der Waals surface area contributed by atoms with E-state index in [2.05, 4.69) is 0 Å². The molecule has 0 unspecified atom stereocenters. The number of hydrogen-bond donors (Lipinski definition) is 0. The molecule has 3 aliphatic heterocycles. The highest BCUT2D eigenvalue weighted by Gasteiger charge is 2.61. The molecule has 4 amide bonds. The first-order valence-corrected chi connectivity index (χ1v) is 10.9. The Bertz CT molecular complexity index is 987. The Morgan fingerprint density at radius 3 is 2.00 bits per heavy atom. The van der Waals surface area contributed by atoms with Gasteiger partial charge >= 0.3 is 0 Å². The summed E-state index contributed by atoms with van der Waals surface area (Å²) in [6.07, 6.45) is -0.138. The monoisotopic (exact) mass is 425 g/mol. The maximum atomic E-state index is 13.5. The summed E-state index contributed by atoms with van der Waals surface area (Å²) in [5.41, 5.74) is 0.350. The molecule has 1 aromatic carbocycles. The Hall–Kier alpha value is -2.70. The average molecular weight is 426 g/mol. The van der Waals surface area contributed by atoms with E-state index in [1.807, 2.05) is 45.0 Å². The van der Waals surface area contributed by atoms with E-state index in [-0.39, 0.29) is 29.5 Å². The highest BCUT2D eigenvalue weighted by atomic mass is 16.2. The summed E-state index contributed by atoms with van der Waals surface area (Å²) < 4.78 is 0. The maximum Gasteiger partial charge on any atom is 0.252 e. The minimum atomic E-state index is -0.899. The number of carbonyl (C=O) groups excluding carboxylic acids is 4. The van der Waals surface area contributed by atoms with Gasteiger partial charge in [-0.25, -0.2) is 0 Å². The Balaban J connectivity index is 1.80. The molecule has 0 bridgehead atoms. The van der Waals surface area contributed by atoms with Crippen LogP contribution in [0.25, 0.3) is 0 Å². The average Bonchev–Trinajstić information content (AvgIpc) is 3.19. The first kappa shape index (κ1) is 21.5. The van der Waals surface area contributed by atoms with E-state index in [0.29, 0.717) is 6.42 Å². The van der Waals surface area contributed by atoms with Gasteiger partial charge in [0.2, 0.25) is 17.7 Å². The van der Waals surface area contributed by atoms with Crippen LogP contribution in [0, 0.1) is 10.8 Å². The van der Waals surface area contributed by atoms with Crippen LogP contribution in [0.4, 0.5) is 5.69 Å². The summed E-state index contributed by atoms with van der Waals surface area (Å²) in [7, 11) is 0. The minimum absolute atomic E-state index is 0.0887. The van der Waals surface area contributed by atoms with Crippen molar-refractivity contribution in [3.8, 4) is 0 Å². The largest absolute Gasteiger partial charge is 0.307 e. The number of imide groups is 1. The number of anilines is 1. The molecule has 0 aromatic heterocycles. The molecule has 4 atom stereocenters. The van der Waals surface area contributed by atoms with Crippen molar-refractivity contribution in [1.29, 1.82) is 0 Å². The van der Waals surface area contributed by atoms with E-state index in [1.165, 1.54) is 0 Å². The summed E-state index contributed by atoms with van der Waals surface area (Å²) in [5, 5.41) is 0. The second kappa shape index (κ2) is 6.65. The van der Waals surface area contributed by atoms with Gasteiger partial charge in [-0.2, -0.15) is 0 Å². The van der Waals surface area contributed by atoms with Crippen LogP contribution in [0.3, 0.4) is 0 Å². The van der Waals surface area contributed by atoms with Gasteiger partial charge in [-0.3, -0.25) is 29.0 Å². The van der Waals surface area contributed by atoms with E-state index < -0.39 is 29.1 Å². The summed E-state index contributed by atoms with van der Waals surface area (Å²) >= 11 is 0. The molecule has 4 rings (SSSR count). The second-order valence-corrected chi connectivity index (χ2v) is 10.9. The summed E-state index contributed by atoms with van der Waals surface area (Å²) in [6, 6.07) is 6.04. The van der Waals surface area contributed by atoms with E-state index >= 15 is 0 Å². The number of carbonyl (C=O) groups is 4. The molecule has 3 aliphatic rings. The molecule has 0 spiro atoms. The van der Waals surface area contributed by atoms with E-state index in [9.17, 15) is 19.2 Å². The van der Waals surface area contributed by atoms with Crippen molar-refractivity contribution in [2.45, 2.75) is 79.1 Å². The lowest BCUT2D eigenvalue weighted by Gasteiger charge is -2.45. The Morgan fingerprint density at radius 2 is 1.42 bits per heavy atom. The molecule has 0 N–H and O–H groups in total. The lowest BCUT2D eigenvalue weighted by Crippen LogP contribution is -2.68. The quantitative estimate of drug-likeness (QED) is 0.640. The maximum absolute atomic E-state index is 13.5. The predicted octanol–water partition coefficient (Wildman–Crippen LogP) is 2.89. The molecule has 2 saturated heterocycles. The zero-order chi connectivity index (χ0) is 23.0. The van der Waals surface area contributed by atoms with Gasteiger partial charge < -0.3 is 4.90 Å². The van der Waals surface area contributed by atoms with Crippen molar-refractivity contribution in [3.05, 3.63) is 29.8 Å². The molecular formula is C24H31N3O4. The lowest BCUT2D eigenvalue weighted by atomic mass is 9.91. The van der Waals surface area contributed by atoms with Crippen molar-refractivity contribution >= 4 is 29.3 Å². The molecule has 0 aliphatic carbocycles. The molecule has 1 aromatic rings. The number of nitrogens with zero attached hydrogens (tertiary/aromatic N) is 3. The number of benzene rings is 1. The van der Waals surface area contributed by atoms with Gasteiger partial charge in [-0.05, 0) is 25.0 Å². The molecule has 31 heavy (non-hydrogen) atoms. The van der Waals surface area contributed by atoms with Gasteiger partial charge in [-0.1, -0.05) is 59.7 Å². The van der Waals surface area contributed by atoms with Gasteiger partial charge in [0.1, 0.15) is 18.2 Å². The van der Waals surface area contributed by atoms with Crippen LogP contribution in [0.2, 0.25) is 0 Å². The molecule has 0 radical (unpaired) electrons. The molecule has 0 saturated carbocycles. The predicted molar refractivity (Wildman–Crippen MR) is 116 cm³/mol. The lowest BCUT2D eigenvalue weighted by molar-refractivity contribution is -0.170. The van der Waals surface area contributed by atoms with Crippen LogP contribution in [-0.4, -0.2) is 51.7 Å². The third-order valence-electron chi connectivity index (χ3n) is 6.56. The van der Waals surface area contributed by atoms with Crippen LogP contribution < -0.4 is 4.90 Å². The molecule has 3 heterocycles. The van der Waals surface area contributed by atoms with Crippen LogP contribution in [0.15, 0.2) is 24.3 Å². The fourth-order valence-corrected chi connectivity index (χ4v) is 5.02. The third kappa shape index (κ3) is 3.00. The van der Waals surface area contributed by atoms with Crippen LogP contribution in [-0.2, 0) is 19.2 Å². The topological polar surface area (TPSA) is 78.0 Å². The zero-order valence-corrected chi connectivity index (χ0v) is 19.3. The summed E-state index contributed by atoms with van der Waals surface area (Å²) in [4.78, 5) is 57.9. The van der Waals surface area contributed by atoms with E-state index in [1.54, 1.807) is 37.5 Å². The van der Waals surface area contributed by atoms with Gasteiger partial charge in [-0.15, -0.1) is 0 Å². The van der Waals surface area contributed by atoms with Crippen molar-refractivity contribution in [2.75, 3.05) is 4.90 Å². The minimum Gasteiger partial charge on any atom is -0.307 e. The second-order valence-electron chi connectivity index (χ2n) is 10.9. The number of para-hydroxylation sites is 1. The summed E-state index contributed by atoms with van der Waals surface area (Å²) in [6.45, 7) is 12.4. The van der Waals surface area contributed by atoms with Crippen molar-refractivity contribution in [2.24, 2.45) is 10.8 Å². The first-order valence-electron chi connectivity index (χ1n) is 10.9. The van der Waals surface area contributed by atoms with Gasteiger partial charge in [0.05, 0.1) is 0 Å². The van der Waals surface area contributed by atoms with Crippen LogP contribution in [0.1, 0.15) is 66.4 Å². The zero-order valence-electron chi connectivity index (χ0n) is 19.3. The Kier molecular flexibility index (Phi) is 4.62. The normalized spacial score (nSPS) is 27.9. The van der Waals surface area contributed by atoms with Gasteiger partial charge in [0, 0.05) is 22.4 Å². The Labute approximate surface area is 183 Å². The molecular weight excluding hydrogens is 394 g/mol. The SMILES string of the molecule is C[C@@H]1C(=O)N2[C@@H](C[C@H]3c4ccccc4N(C(=O)C(C)(C)C)[C@H]32)C(=O)N1C(=O)C(C)(C)C. The van der Waals surface area contributed by atoms with Crippen molar-refractivity contribution in [3.63, 3.8) is 0 Å². The van der Waals surface area contributed by atoms with E-state index in [0.717, 1.165) is 16.2 Å². The van der Waals surface area contributed by atoms with Gasteiger partial charge in [0.15, 0.2) is 0 Å². The number of hydrogen-bond acceptors (Lipinski definition) is 4. The fraction of sp³-hybridized carbons (Fsp3) is 0.583. The number of piperazine rings is 1. The number of rotatable bonds is 0. The molecule has 7 heteroatoms. The van der Waals surface area contributed by atoms with Crippen molar-refractivity contribution in [1.82, 2.24) is 9.80 Å². The van der Waals surface area contributed by atoms with Crippen LogP contribution >= 0.6 is 0 Å². The summed E-state index contributed by atoms with van der Waals surface area (Å²) in [5.74, 6) is -1.22. The highest BCUT2D eigenvalue weighted by molar-refractivity contribution is 6.09.